The molecule has 0 atom stereocenters. The Hall–Kier alpha value is -2.92. The van der Waals surface area contributed by atoms with Gasteiger partial charge in [0, 0.05) is 13.1 Å². The molecule has 0 saturated heterocycles. The molecule has 0 fully saturated rings. The van der Waals surface area contributed by atoms with Crippen LogP contribution in [0.25, 0.3) is 10.6 Å². The third-order valence-electron chi connectivity index (χ3n) is 3.66. The molecule has 3 rings (SSSR count). The number of alkyl halides is 3. The highest BCUT2D eigenvalue weighted by Gasteiger charge is 2.36. The van der Waals surface area contributed by atoms with Crippen molar-refractivity contribution in [3.8, 4) is 10.6 Å². The second kappa shape index (κ2) is 7.24. The van der Waals surface area contributed by atoms with E-state index >= 15 is 0 Å². The molecule has 1 amide bonds. The van der Waals surface area contributed by atoms with Gasteiger partial charge in [0.2, 0.25) is 0 Å². The Bertz CT molecular complexity index is 1080. The summed E-state index contributed by atoms with van der Waals surface area (Å²) in [5.41, 5.74) is -1.51. The Balaban J connectivity index is 2.01. The summed E-state index contributed by atoms with van der Waals surface area (Å²) in [7, 11) is 1.23. The first-order valence-electron chi connectivity index (χ1n) is 7.53. The normalized spacial score (nSPS) is 11.5. The van der Waals surface area contributed by atoms with Crippen LogP contribution in [0.2, 0.25) is 5.02 Å². The Morgan fingerprint density at radius 3 is 2.57 bits per heavy atom. The van der Waals surface area contributed by atoms with E-state index in [0.29, 0.717) is 23.1 Å². The molecule has 0 saturated carbocycles. The number of hydrogen-bond acceptors (Lipinski definition) is 5. The number of amides is 1. The predicted molar refractivity (Wildman–Crippen MR) is 97.6 cm³/mol. The fourth-order valence-corrected chi connectivity index (χ4v) is 3.63. The Morgan fingerprint density at radius 2 is 2.00 bits per heavy atom. The number of aromatic nitrogens is 2. The van der Waals surface area contributed by atoms with Gasteiger partial charge in [0.15, 0.2) is 5.69 Å². The maximum atomic E-state index is 12.9. The SMILES string of the molecule is Cn1nc(C(F)(F)F)cc1-c1sc(C(=O)Nc2ccccc2Cl)cc1[N+](=O)[O-]. The molecule has 3 aromatic rings. The first-order valence-corrected chi connectivity index (χ1v) is 8.73. The Labute approximate surface area is 164 Å². The number of thiophene rings is 1. The zero-order valence-corrected chi connectivity index (χ0v) is 15.5. The van der Waals surface area contributed by atoms with Gasteiger partial charge in [-0.25, -0.2) is 0 Å². The highest BCUT2D eigenvalue weighted by Crippen LogP contribution is 2.40. The molecule has 0 aliphatic carbocycles. The molecule has 146 valence electrons. The lowest BCUT2D eigenvalue weighted by atomic mass is 10.2. The van der Waals surface area contributed by atoms with Gasteiger partial charge >= 0.3 is 6.18 Å². The van der Waals surface area contributed by atoms with Crippen LogP contribution in [0.4, 0.5) is 24.5 Å². The van der Waals surface area contributed by atoms with Crippen molar-refractivity contribution < 1.29 is 22.9 Å². The van der Waals surface area contributed by atoms with Crippen molar-refractivity contribution in [2.24, 2.45) is 7.05 Å². The van der Waals surface area contributed by atoms with Crippen molar-refractivity contribution in [2.45, 2.75) is 6.18 Å². The average Bonchev–Trinajstić information content (AvgIpc) is 3.20. The average molecular weight is 431 g/mol. The van der Waals surface area contributed by atoms with Gasteiger partial charge in [0.25, 0.3) is 11.6 Å². The van der Waals surface area contributed by atoms with E-state index in [1.807, 2.05) is 0 Å². The van der Waals surface area contributed by atoms with Crippen LogP contribution in [-0.4, -0.2) is 20.6 Å². The molecule has 0 spiro atoms. The lowest BCUT2D eigenvalue weighted by Crippen LogP contribution is -2.10. The monoisotopic (exact) mass is 430 g/mol. The largest absolute Gasteiger partial charge is 0.435 e. The number of hydrogen-bond donors (Lipinski definition) is 1. The molecule has 12 heteroatoms. The first-order chi connectivity index (χ1) is 13.1. The van der Waals surface area contributed by atoms with Gasteiger partial charge in [-0.2, -0.15) is 18.3 Å². The van der Waals surface area contributed by atoms with Crippen LogP contribution in [0.1, 0.15) is 15.4 Å². The van der Waals surface area contributed by atoms with Gasteiger partial charge < -0.3 is 5.32 Å². The first kappa shape index (κ1) is 19.8. The summed E-state index contributed by atoms with van der Waals surface area (Å²) >= 11 is 6.65. The summed E-state index contributed by atoms with van der Waals surface area (Å²) in [5, 5.41) is 17.5. The van der Waals surface area contributed by atoms with E-state index < -0.39 is 28.4 Å². The van der Waals surface area contributed by atoms with Crippen molar-refractivity contribution in [3.05, 3.63) is 62.1 Å². The highest BCUT2D eigenvalue weighted by molar-refractivity contribution is 7.18. The molecule has 2 heterocycles. The fourth-order valence-electron chi connectivity index (χ4n) is 2.38. The third-order valence-corrected chi connectivity index (χ3v) is 5.13. The summed E-state index contributed by atoms with van der Waals surface area (Å²) in [6, 6.07) is 8.10. The van der Waals surface area contributed by atoms with Crippen LogP contribution >= 0.6 is 22.9 Å². The van der Waals surface area contributed by atoms with Crippen LogP contribution in [0.3, 0.4) is 0 Å². The van der Waals surface area contributed by atoms with Crippen LogP contribution in [0, 0.1) is 10.1 Å². The molecule has 7 nitrogen and oxygen atoms in total. The summed E-state index contributed by atoms with van der Waals surface area (Å²) in [4.78, 5) is 22.9. The van der Waals surface area contributed by atoms with E-state index in [1.165, 1.54) is 7.05 Å². The molecular weight excluding hydrogens is 421 g/mol. The molecule has 2 aromatic heterocycles. The molecule has 0 radical (unpaired) electrons. The molecule has 0 aliphatic rings. The number of rotatable bonds is 4. The van der Waals surface area contributed by atoms with E-state index in [0.717, 1.165) is 10.7 Å². The number of aryl methyl sites for hydroxylation is 1. The molecular formula is C16H10ClF3N4O3S. The van der Waals surface area contributed by atoms with Crippen molar-refractivity contribution in [3.63, 3.8) is 0 Å². The Morgan fingerprint density at radius 1 is 1.32 bits per heavy atom. The number of nitro groups is 1. The molecule has 0 bridgehead atoms. The van der Waals surface area contributed by atoms with E-state index in [4.69, 9.17) is 11.6 Å². The van der Waals surface area contributed by atoms with Crippen molar-refractivity contribution in [1.29, 1.82) is 0 Å². The second-order valence-corrected chi connectivity index (χ2v) is 7.01. The zero-order chi connectivity index (χ0) is 20.6. The van der Waals surface area contributed by atoms with Crippen LogP contribution in [0.15, 0.2) is 36.4 Å². The zero-order valence-electron chi connectivity index (χ0n) is 14.0. The van der Waals surface area contributed by atoms with Crippen molar-refractivity contribution in [2.75, 3.05) is 5.32 Å². The molecule has 1 N–H and O–H groups in total. The number of anilines is 1. The minimum Gasteiger partial charge on any atom is -0.320 e. The minimum atomic E-state index is -4.70. The maximum absolute atomic E-state index is 12.9. The number of nitrogens with zero attached hydrogens (tertiary/aromatic N) is 3. The van der Waals surface area contributed by atoms with Gasteiger partial charge in [-0.1, -0.05) is 23.7 Å². The number of para-hydroxylation sites is 1. The quantitative estimate of drug-likeness (QED) is 0.467. The topological polar surface area (TPSA) is 90.1 Å². The molecule has 1 aromatic carbocycles. The van der Waals surface area contributed by atoms with E-state index in [9.17, 15) is 28.1 Å². The number of benzene rings is 1. The molecule has 0 unspecified atom stereocenters. The van der Waals surface area contributed by atoms with Crippen LogP contribution in [0.5, 0.6) is 0 Å². The summed E-state index contributed by atoms with van der Waals surface area (Å²) < 4.78 is 39.5. The summed E-state index contributed by atoms with van der Waals surface area (Å²) in [5.74, 6) is -0.675. The summed E-state index contributed by atoms with van der Waals surface area (Å²) in [6.45, 7) is 0. The van der Waals surface area contributed by atoms with Crippen molar-refractivity contribution in [1.82, 2.24) is 9.78 Å². The third kappa shape index (κ3) is 3.85. The number of carbonyl (C=O) groups excluding carboxylic acids is 1. The van der Waals surface area contributed by atoms with Gasteiger partial charge in [0.1, 0.15) is 4.88 Å². The fraction of sp³-hybridized carbons (Fsp3) is 0.125. The lowest BCUT2D eigenvalue weighted by Gasteiger charge is -2.04. The van der Waals surface area contributed by atoms with Gasteiger partial charge in [-0.3, -0.25) is 19.6 Å². The summed E-state index contributed by atoms with van der Waals surface area (Å²) in [6.07, 6.45) is -4.70. The number of halogens is 4. The van der Waals surface area contributed by atoms with E-state index in [1.54, 1.807) is 24.3 Å². The lowest BCUT2D eigenvalue weighted by molar-refractivity contribution is -0.383. The standard InChI is InChI=1S/C16H10ClF3N4O3S/c1-23-10(7-13(22-23)16(18,19)20)14-11(24(26)27)6-12(28-14)15(25)21-9-5-3-2-4-8(9)17/h2-7H,1H3,(H,21,25). The van der Waals surface area contributed by atoms with Gasteiger partial charge in [-0.15, -0.1) is 11.3 Å². The van der Waals surface area contributed by atoms with Crippen LogP contribution < -0.4 is 5.32 Å². The van der Waals surface area contributed by atoms with Gasteiger partial charge in [-0.05, 0) is 18.2 Å². The second-order valence-electron chi connectivity index (χ2n) is 5.55. The minimum absolute atomic E-state index is 0.0589. The highest BCUT2D eigenvalue weighted by atomic mass is 35.5. The molecule has 28 heavy (non-hydrogen) atoms. The molecule has 0 aliphatic heterocycles. The number of nitrogens with one attached hydrogen (secondary N) is 1. The number of carbonyl (C=O) groups is 1. The van der Waals surface area contributed by atoms with Crippen molar-refractivity contribution >= 4 is 40.2 Å². The maximum Gasteiger partial charge on any atom is 0.435 e. The predicted octanol–water partition coefficient (Wildman–Crippen LogP) is 4.98. The van der Waals surface area contributed by atoms with E-state index in [-0.39, 0.29) is 20.5 Å². The smallest absolute Gasteiger partial charge is 0.320 e. The van der Waals surface area contributed by atoms with Gasteiger partial charge in [0.05, 0.1) is 26.2 Å². The van der Waals surface area contributed by atoms with E-state index in [2.05, 4.69) is 10.4 Å². The van der Waals surface area contributed by atoms with Crippen LogP contribution in [-0.2, 0) is 13.2 Å². The Kier molecular flexibility index (Phi) is 5.13.